The van der Waals surface area contributed by atoms with Crippen LogP contribution in [0.25, 0.3) is 11.1 Å². The number of nitro groups is 1. The van der Waals surface area contributed by atoms with Gasteiger partial charge in [-0.2, -0.15) is 0 Å². The predicted octanol–water partition coefficient (Wildman–Crippen LogP) is 7.69. The average Bonchev–Trinajstić information content (AvgIpc) is 3.26. The zero-order valence-corrected chi connectivity index (χ0v) is 35.5. The molecule has 7 rings (SSSR count). The summed E-state index contributed by atoms with van der Waals surface area (Å²) in [6.45, 7) is 5.20. The maximum Gasteiger partial charge on any atom is 0.293 e. The Bertz CT molecular complexity index is 2510. The minimum atomic E-state index is -4.61. The molecule has 2 fully saturated rings. The van der Waals surface area contributed by atoms with Crippen molar-refractivity contribution in [2.75, 3.05) is 70.2 Å². The number of nitro benzene ring substituents is 1. The molecule has 0 saturated carbocycles. The van der Waals surface area contributed by atoms with Crippen molar-refractivity contribution in [3.05, 3.63) is 141 Å². The van der Waals surface area contributed by atoms with Gasteiger partial charge in [0.25, 0.3) is 27.5 Å². The van der Waals surface area contributed by atoms with Gasteiger partial charge in [-0.25, -0.2) is 13.1 Å². The van der Waals surface area contributed by atoms with Crippen molar-refractivity contribution < 1.29 is 32.4 Å². The third-order valence-corrected chi connectivity index (χ3v) is 12.5. The number of carbonyl (C=O) groups is 2. The average molecular weight is 867 g/mol. The molecule has 16 heteroatoms. The standard InChI is InChI=1S/C45H47ClN6O8S/c1-49(2)45(54)39-9-5-6-10-42(39)60-43-27-35(51-23-21-50(22-24-51)30-33-7-3-4-8-37(33)32-11-13-34(46)14-12-32)15-17-38(43)44(53)48-61(57,58)36-16-18-40(41(28-36)52(55)56)47-29-31-19-25-59-26-20-31/h3-18,27-28,31,47H,19-26,29-30H2,1-2H3,(H,48,53). The number of nitrogens with one attached hydrogen (secondary N) is 2. The van der Waals surface area contributed by atoms with E-state index >= 15 is 0 Å². The molecule has 2 amide bonds. The molecule has 14 nitrogen and oxygen atoms in total. The molecule has 0 aliphatic carbocycles. The van der Waals surface area contributed by atoms with Crippen LogP contribution in [-0.2, 0) is 21.3 Å². The molecular weight excluding hydrogens is 820 g/mol. The Morgan fingerprint density at radius 2 is 1.57 bits per heavy atom. The normalized spacial score (nSPS) is 14.9. The van der Waals surface area contributed by atoms with Gasteiger partial charge in [0.05, 0.1) is 20.9 Å². The number of para-hydroxylation sites is 1. The first kappa shape index (κ1) is 43.1. The summed E-state index contributed by atoms with van der Waals surface area (Å²) in [4.78, 5) is 44.0. The van der Waals surface area contributed by atoms with Gasteiger partial charge in [0, 0.05) is 89.4 Å². The fraction of sp³-hybridized carbons (Fsp3) is 0.289. The van der Waals surface area contributed by atoms with Gasteiger partial charge < -0.3 is 24.6 Å². The van der Waals surface area contributed by atoms with E-state index < -0.39 is 31.4 Å². The van der Waals surface area contributed by atoms with Gasteiger partial charge in [-0.15, -0.1) is 0 Å². The number of sulfonamides is 1. The number of anilines is 2. The first-order chi connectivity index (χ1) is 29.4. The van der Waals surface area contributed by atoms with Crippen LogP contribution in [0.2, 0.25) is 5.02 Å². The van der Waals surface area contributed by atoms with Crippen LogP contribution in [0.3, 0.4) is 0 Å². The van der Waals surface area contributed by atoms with Crippen molar-refractivity contribution >= 4 is 50.5 Å². The summed E-state index contributed by atoms with van der Waals surface area (Å²) in [6, 6.07) is 31.0. The topological polar surface area (TPSA) is 164 Å². The van der Waals surface area contributed by atoms with E-state index in [2.05, 4.69) is 32.0 Å². The summed E-state index contributed by atoms with van der Waals surface area (Å²) < 4.78 is 41.2. The van der Waals surface area contributed by atoms with Crippen LogP contribution >= 0.6 is 11.6 Å². The maximum absolute atomic E-state index is 14.0. The van der Waals surface area contributed by atoms with Crippen LogP contribution in [0.5, 0.6) is 11.5 Å². The molecule has 0 bridgehead atoms. The number of rotatable bonds is 14. The van der Waals surface area contributed by atoms with Crippen LogP contribution in [-0.4, -0.2) is 95.0 Å². The van der Waals surface area contributed by atoms with Crippen LogP contribution in [0.1, 0.15) is 39.1 Å². The highest BCUT2D eigenvalue weighted by Crippen LogP contribution is 2.35. The fourth-order valence-corrected chi connectivity index (χ4v) is 8.58. The molecule has 61 heavy (non-hydrogen) atoms. The van der Waals surface area contributed by atoms with Gasteiger partial charge in [0.15, 0.2) is 0 Å². The SMILES string of the molecule is CN(C)C(=O)c1ccccc1Oc1cc(N2CCN(Cc3ccccc3-c3ccc(Cl)cc3)CC2)ccc1C(=O)NS(=O)(=O)c1ccc(NCC2CCOCC2)c([N+](=O)[O-])c1. The van der Waals surface area contributed by atoms with Crippen molar-refractivity contribution in [2.24, 2.45) is 5.92 Å². The van der Waals surface area contributed by atoms with Gasteiger partial charge in [-0.3, -0.25) is 24.6 Å². The third kappa shape index (κ3) is 10.5. The molecule has 0 aromatic heterocycles. The minimum absolute atomic E-state index is 0.0159. The second-order valence-electron chi connectivity index (χ2n) is 15.2. The Kier molecular flexibility index (Phi) is 13.5. The molecule has 0 spiro atoms. The van der Waals surface area contributed by atoms with E-state index in [1.54, 1.807) is 50.5 Å². The molecule has 0 radical (unpaired) electrons. The lowest BCUT2D eigenvalue weighted by Gasteiger charge is -2.36. The van der Waals surface area contributed by atoms with Crippen molar-refractivity contribution in [3.8, 4) is 22.6 Å². The molecular formula is C45H47ClN6O8S. The number of benzene rings is 5. The Labute approximate surface area is 360 Å². The van der Waals surface area contributed by atoms with E-state index in [0.29, 0.717) is 37.9 Å². The molecule has 2 aliphatic rings. The van der Waals surface area contributed by atoms with Crippen LogP contribution in [0, 0.1) is 16.0 Å². The number of amides is 2. The van der Waals surface area contributed by atoms with Crippen molar-refractivity contribution in [1.82, 2.24) is 14.5 Å². The van der Waals surface area contributed by atoms with Gasteiger partial charge in [-0.1, -0.05) is 60.1 Å². The van der Waals surface area contributed by atoms with Gasteiger partial charge >= 0.3 is 0 Å². The van der Waals surface area contributed by atoms with E-state index in [9.17, 15) is 28.1 Å². The smallest absolute Gasteiger partial charge is 0.293 e. The molecule has 318 valence electrons. The second kappa shape index (κ2) is 19.1. The van der Waals surface area contributed by atoms with Gasteiger partial charge in [0.1, 0.15) is 17.2 Å². The lowest BCUT2D eigenvalue weighted by atomic mass is 9.99. The molecule has 2 heterocycles. The number of ether oxygens (including phenoxy) is 2. The Morgan fingerprint density at radius 1 is 0.869 bits per heavy atom. The van der Waals surface area contributed by atoms with Gasteiger partial charge in [-0.05, 0) is 84.0 Å². The summed E-state index contributed by atoms with van der Waals surface area (Å²) in [5.41, 5.74) is 3.99. The number of hydrogen-bond donors (Lipinski definition) is 2. The number of nitrogens with zero attached hydrogens (tertiary/aromatic N) is 4. The van der Waals surface area contributed by atoms with Gasteiger partial charge in [0.2, 0.25) is 0 Å². The highest BCUT2D eigenvalue weighted by atomic mass is 35.5. The lowest BCUT2D eigenvalue weighted by Crippen LogP contribution is -2.46. The first-order valence-electron chi connectivity index (χ1n) is 20.0. The minimum Gasteiger partial charge on any atom is -0.456 e. The van der Waals surface area contributed by atoms with E-state index in [1.165, 1.54) is 28.7 Å². The van der Waals surface area contributed by atoms with Crippen molar-refractivity contribution in [3.63, 3.8) is 0 Å². The third-order valence-electron chi connectivity index (χ3n) is 10.9. The zero-order valence-electron chi connectivity index (χ0n) is 33.9. The second-order valence-corrected chi connectivity index (χ2v) is 17.3. The molecule has 2 saturated heterocycles. The van der Waals surface area contributed by atoms with Crippen LogP contribution in [0.4, 0.5) is 17.1 Å². The monoisotopic (exact) mass is 866 g/mol. The summed E-state index contributed by atoms with van der Waals surface area (Å²) in [5, 5.41) is 15.8. The summed E-state index contributed by atoms with van der Waals surface area (Å²) in [5.74, 6) is -0.917. The molecule has 2 N–H and O–H groups in total. The highest BCUT2D eigenvalue weighted by molar-refractivity contribution is 7.90. The quantitative estimate of drug-likeness (QED) is 0.0831. The largest absolute Gasteiger partial charge is 0.456 e. The first-order valence-corrected chi connectivity index (χ1v) is 21.8. The van der Waals surface area contributed by atoms with E-state index in [1.807, 2.05) is 36.4 Å². The van der Waals surface area contributed by atoms with E-state index in [4.69, 9.17) is 21.1 Å². The number of halogens is 1. The molecule has 0 unspecified atom stereocenters. The Hall–Kier alpha value is -6.00. The number of carbonyl (C=O) groups excluding carboxylic acids is 2. The number of hydrogen-bond acceptors (Lipinski definition) is 11. The Balaban J connectivity index is 1.12. The van der Waals surface area contributed by atoms with Crippen molar-refractivity contribution in [2.45, 2.75) is 24.3 Å². The van der Waals surface area contributed by atoms with Crippen LogP contribution in [0.15, 0.2) is 114 Å². The number of piperazine rings is 1. The molecule has 0 atom stereocenters. The van der Waals surface area contributed by atoms with Crippen LogP contribution < -0.4 is 19.7 Å². The zero-order chi connectivity index (χ0) is 43.1. The molecule has 5 aromatic carbocycles. The predicted molar refractivity (Wildman–Crippen MR) is 235 cm³/mol. The summed E-state index contributed by atoms with van der Waals surface area (Å²) in [7, 11) is -1.39. The molecule has 5 aromatic rings. The highest BCUT2D eigenvalue weighted by Gasteiger charge is 2.28. The van der Waals surface area contributed by atoms with E-state index in [0.717, 1.165) is 55.4 Å². The Morgan fingerprint density at radius 3 is 2.30 bits per heavy atom. The van der Waals surface area contributed by atoms with E-state index in [-0.39, 0.29) is 40.1 Å². The van der Waals surface area contributed by atoms with Crippen molar-refractivity contribution in [1.29, 1.82) is 0 Å². The summed E-state index contributed by atoms with van der Waals surface area (Å²) >= 11 is 6.15. The maximum atomic E-state index is 14.0. The molecule has 2 aliphatic heterocycles. The lowest BCUT2D eigenvalue weighted by molar-refractivity contribution is -0.384. The fourth-order valence-electron chi connectivity index (χ4n) is 7.47. The summed E-state index contributed by atoms with van der Waals surface area (Å²) in [6.07, 6.45) is 1.62.